The van der Waals surface area contributed by atoms with Crippen LogP contribution in [0.5, 0.6) is 0 Å². The Morgan fingerprint density at radius 2 is 1.88 bits per heavy atom. The number of carbonyl (C=O) groups is 1. The molecule has 0 saturated heterocycles. The molecule has 4 nitrogen and oxygen atoms in total. The highest BCUT2D eigenvalue weighted by molar-refractivity contribution is 5.84. The summed E-state index contributed by atoms with van der Waals surface area (Å²) in [5, 5.41) is 3.28. The van der Waals surface area contributed by atoms with Crippen molar-refractivity contribution >= 4 is 5.91 Å². The fraction of sp³-hybridized carbons (Fsp3) is 0.923. The number of hydrogen-bond donors (Lipinski definition) is 2. The van der Waals surface area contributed by atoms with Gasteiger partial charge >= 0.3 is 0 Å². The van der Waals surface area contributed by atoms with Gasteiger partial charge in [0, 0.05) is 18.6 Å². The number of primary amides is 1. The van der Waals surface area contributed by atoms with Gasteiger partial charge in [0.1, 0.15) is 5.54 Å². The highest BCUT2D eigenvalue weighted by Crippen LogP contribution is 2.11. The minimum absolute atomic E-state index is 0.239. The Labute approximate surface area is 106 Å². The lowest BCUT2D eigenvalue weighted by molar-refractivity contribution is -0.125. The lowest BCUT2D eigenvalue weighted by atomic mass is 9.98. The number of nitrogens with zero attached hydrogens (tertiary/aromatic N) is 1. The predicted molar refractivity (Wildman–Crippen MR) is 72.9 cm³/mol. The van der Waals surface area contributed by atoms with Gasteiger partial charge in [-0.3, -0.25) is 9.69 Å². The fourth-order valence-electron chi connectivity index (χ4n) is 2.05. The zero-order valence-electron chi connectivity index (χ0n) is 12.2. The number of hydrogen-bond acceptors (Lipinski definition) is 3. The van der Waals surface area contributed by atoms with Crippen molar-refractivity contribution in [3.8, 4) is 0 Å². The van der Waals surface area contributed by atoms with Crippen LogP contribution in [-0.2, 0) is 4.79 Å². The Kier molecular flexibility index (Phi) is 6.72. The van der Waals surface area contributed by atoms with Crippen molar-refractivity contribution in [1.82, 2.24) is 10.2 Å². The molecule has 1 atom stereocenters. The third-order valence-corrected chi connectivity index (χ3v) is 2.91. The Hall–Kier alpha value is -0.610. The van der Waals surface area contributed by atoms with Crippen LogP contribution in [0.2, 0.25) is 0 Å². The van der Waals surface area contributed by atoms with E-state index in [-0.39, 0.29) is 11.9 Å². The SMILES string of the molecule is CCCN(CC(C)(NC(C)C)C(N)=O)C(C)C. The zero-order chi connectivity index (χ0) is 13.6. The van der Waals surface area contributed by atoms with Crippen LogP contribution in [0.1, 0.15) is 48.0 Å². The van der Waals surface area contributed by atoms with Gasteiger partial charge in [0.05, 0.1) is 0 Å². The summed E-state index contributed by atoms with van der Waals surface area (Å²) in [6.45, 7) is 14.0. The molecule has 17 heavy (non-hydrogen) atoms. The van der Waals surface area contributed by atoms with Gasteiger partial charge in [-0.1, -0.05) is 6.92 Å². The lowest BCUT2D eigenvalue weighted by Gasteiger charge is -2.37. The van der Waals surface area contributed by atoms with E-state index >= 15 is 0 Å². The van der Waals surface area contributed by atoms with E-state index in [1.165, 1.54) is 0 Å². The topological polar surface area (TPSA) is 58.4 Å². The monoisotopic (exact) mass is 243 g/mol. The van der Waals surface area contributed by atoms with Gasteiger partial charge in [-0.05, 0) is 47.6 Å². The third-order valence-electron chi connectivity index (χ3n) is 2.91. The Morgan fingerprint density at radius 1 is 1.35 bits per heavy atom. The third kappa shape index (κ3) is 5.50. The lowest BCUT2D eigenvalue weighted by Crippen LogP contribution is -2.62. The highest BCUT2D eigenvalue weighted by atomic mass is 16.1. The van der Waals surface area contributed by atoms with Crippen molar-refractivity contribution in [3.05, 3.63) is 0 Å². The molecule has 1 amide bonds. The van der Waals surface area contributed by atoms with E-state index in [0.29, 0.717) is 12.6 Å². The molecule has 0 heterocycles. The summed E-state index contributed by atoms with van der Waals surface area (Å²) in [6, 6.07) is 0.658. The molecule has 0 bridgehead atoms. The average Bonchev–Trinajstić information content (AvgIpc) is 2.15. The summed E-state index contributed by atoms with van der Waals surface area (Å²) in [5.41, 5.74) is 4.88. The van der Waals surface area contributed by atoms with Crippen LogP contribution in [0.25, 0.3) is 0 Å². The largest absolute Gasteiger partial charge is 0.368 e. The molecule has 1 unspecified atom stereocenters. The molecule has 0 aromatic carbocycles. The van der Waals surface area contributed by atoms with Gasteiger partial charge < -0.3 is 11.1 Å². The molecule has 0 aromatic rings. The number of rotatable bonds is 8. The van der Waals surface area contributed by atoms with E-state index in [0.717, 1.165) is 13.0 Å². The van der Waals surface area contributed by atoms with Crippen molar-refractivity contribution in [2.75, 3.05) is 13.1 Å². The van der Waals surface area contributed by atoms with Gasteiger partial charge in [0.15, 0.2) is 0 Å². The van der Waals surface area contributed by atoms with Gasteiger partial charge in [-0.15, -0.1) is 0 Å². The second-order valence-corrected chi connectivity index (χ2v) is 5.56. The quantitative estimate of drug-likeness (QED) is 0.676. The van der Waals surface area contributed by atoms with E-state index in [1.807, 2.05) is 20.8 Å². The molecule has 0 aliphatic rings. The summed E-state index contributed by atoms with van der Waals surface area (Å²) >= 11 is 0. The molecule has 0 aromatic heterocycles. The molecule has 102 valence electrons. The summed E-state index contributed by atoms with van der Waals surface area (Å²) < 4.78 is 0. The Balaban J connectivity index is 4.76. The summed E-state index contributed by atoms with van der Waals surface area (Å²) in [5.74, 6) is -0.284. The number of carbonyl (C=O) groups excluding carboxylic acids is 1. The molecule has 0 spiro atoms. The van der Waals surface area contributed by atoms with E-state index in [2.05, 4.69) is 31.0 Å². The van der Waals surface area contributed by atoms with Crippen LogP contribution in [0.3, 0.4) is 0 Å². The summed E-state index contributed by atoms with van der Waals surface area (Å²) in [4.78, 5) is 13.9. The van der Waals surface area contributed by atoms with E-state index < -0.39 is 5.54 Å². The van der Waals surface area contributed by atoms with Crippen molar-refractivity contribution in [2.45, 2.75) is 65.6 Å². The van der Waals surface area contributed by atoms with Crippen LogP contribution < -0.4 is 11.1 Å². The maximum atomic E-state index is 11.7. The minimum Gasteiger partial charge on any atom is -0.368 e. The minimum atomic E-state index is -0.659. The van der Waals surface area contributed by atoms with E-state index in [1.54, 1.807) is 0 Å². The first-order chi connectivity index (χ1) is 7.73. The molecule has 4 heteroatoms. The van der Waals surface area contributed by atoms with Gasteiger partial charge in [-0.25, -0.2) is 0 Å². The van der Waals surface area contributed by atoms with E-state index in [4.69, 9.17) is 5.73 Å². The van der Waals surface area contributed by atoms with Crippen LogP contribution in [-0.4, -0.2) is 41.5 Å². The van der Waals surface area contributed by atoms with Crippen LogP contribution in [0.4, 0.5) is 0 Å². The van der Waals surface area contributed by atoms with Crippen molar-refractivity contribution in [3.63, 3.8) is 0 Å². The maximum absolute atomic E-state index is 11.7. The Morgan fingerprint density at radius 3 is 2.18 bits per heavy atom. The number of nitrogens with two attached hydrogens (primary N) is 1. The Bertz CT molecular complexity index is 241. The van der Waals surface area contributed by atoms with Crippen molar-refractivity contribution in [1.29, 1.82) is 0 Å². The molecule has 0 saturated carbocycles. The first-order valence-corrected chi connectivity index (χ1v) is 6.54. The van der Waals surface area contributed by atoms with Crippen molar-refractivity contribution < 1.29 is 4.79 Å². The molecule has 0 radical (unpaired) electrons. The first kappa shape index (κ1) is 16.4. The fourth-order valence-corrected chi connectivity index (χ4v) is 2.05. The summed E-state index contributed by atoms with van der Waals surface area (Å²) in [6.07, 6.45) is 1.08. The van der Waals surface area contributed by atoms with Gasteiger partial charge in [0.25, 0.3) is 0 Å². The molecule has 3 N–H and O–H groups in total. The average molecular weight is 243 g/mol. The normalized spacial score (nSPS) is 15.6. The van der Waals surface area contributed by atoms with Gasteiger partial charge in [0.2, 0.25) is 5.91 Å². The highest BCUT2D eigenvalue weighted by Gasteiger charge is 2.34. The number of nitrogens with one attached hydrogen (secondary N) is 1. The molecular weight excluding hydrogens is 214 g/mol. The number of amides is 1. The molecule has 0 fully saturated rings. The van der Waals surface area contributed by atoms with Crippen LogP contribution in [0, 0.1) is 0 Å². The van der Waals surface area contributed by atoms with Crippen molar-refractivity contribution in [2.24, 2.45) is 5.73 Å². The zero-order valence-corrected chi connectivity index (χ0v) is 12.2. The second-order valence-electron chi connectivity index (χ2n) is 5.56. The maximum Gasteiger partial charge on any atom is 0.238 e. The van der Waals surface area contributed by atoms with Crippen LogP contribution >= 0.6 is 0 Å². The standard InChI is InChI=1S/C13H29N3O/c1-7-8-16(11(4)5)9-13(6,12(14)17)15-10(2)3/h10-11,15H,7-9H2,1-6H3,(H2,14,17). The molecule has 0 aliphatic carbocycles. The second kappa shape index (κ2) is 6.97. The van der Waals surface area contributed by atoms with E-state index in [9.17, 15) is 4.79 Å². The molecule has 0 rings (SSSR count). The smallest absolute Gasteiger partial charge is 0.238 e. The van der Waals surface area contributed by atoms with Crippen LogP contribution in [0.15, 0.2) is 0 Å². The summed E-state index contributed by atoms with van der Waals surface area (Å²) in [7, 11) is 0. The molecule has 0 aliphatic heterocycles. The first-order valence-electron chi connectivity index (χ1n) is 6.54. The predicted octanol–water partition coefficient (Wildman–Crippen LogP) is 1.35. The van der Waals surface area contributed by atoms with Gasteiger partial charge in [-0.2, -0.15) is 0 Å². The molecular formula is C13H29N3O.